The lowest BCUT2D eigenvalue weighted by molar-refractivity contribution is 0.590. The van der Waals surface area contributed by atoms with Crippen molar-refractivity contribution in [1.29, 1.82) is 0 Å². The molecule has 10 aromatic rings. The normalized spacial score (nSPS) is 13.8. The predicted molar refractivity (Wildman–Crippen MR) is 318 cm³/mol. The van der Waals surface area contributed by atoms with E-state index in [-0.39, 0.29) is 28.4 Å². The van der Waals surface area contributed by atoms with E-state index in [2.05, 4.69) is 268 Å². The number of fused-ring (bicyclic) bond motifs is 9. The first-order valence-electron chi connectivity index (χ1n) is 25.7. The van der Waals surface area contributed by atoms with Crippen LogP contribution in [0.3, 0.4) is 0 Å². The highest BCUT2D eigenvalue weighted by Gasteiger charge is 2.46. The highest BCUT2D eigenvalue weighted by molar-refractivity contribution is 7.33. The summed E-state index contributed by atoms with van der Waals surface area (Å²) < 4.78 is 5.30. The molecule has 0 N–H and O–H groups in total. The SMILES string of the molecule is CC(C)(C)c1ccc(N(c2ccc(C(C)(C)C)cc2)c2ccc3c(c2)N(c2cccc4sc5ccccc5c24)c2cccc4c2B3c2sc3ccc(C(C)(C)C)cc3c2N4c2ccc(C(C)(C)C)cc2)cc1. The molecule has 72 heavy (non-hydrogen) atoms. The molecule has 12 rings (SSSR count). The van der Waals surface area contributed by atoms with Crippen molar-refractivity contribution >= 4 is 127 Å². The molecule has 0 amide bonds. The zero-order chi connectivity index (χ0) is 50.2. The molecule has 358 valence electrons. The topological polar surface area (TPSA) is 9.72 Å². The Morgan fingerprint density at radius 1 is 0.389 bits per heavy atom. The van der Waals surface area contributed by atoms with Crippen LogP contribution in [-0.4, -0.2) is 6.71 Å². The third kappa shape index (κ3) is 7.59. The first-order valence-corrected chi connectivity index (χ1v) is 27.3. The molecule has 0 atom stereocenters. The van der Waals surface area contributed by atoms with Crippen molar-refractivity contribution in [3.8, 4) is 0 Å². The van der Waals surface area contributed by atoms with E-state index in [0.717, 1.165) is 17.1 Å². The highest BCUT2D eigenvalue weighted by Crippen LogP contribution is 2.52. The monoisotopic (exact) mass is 973 g/mol. The second kappa shape index (κ2) is 16.5. The van der Waals surface area contributed by atoms with Crippen LogP contribution in [0, 0.1) is 0 Å². The predicted octanol–water partition coefficient (Wildman–Crippen LogP) is 18.0. The molecule has 0 unspecified atom stereocenters. The third-order valence-electron chi connectivity index (χ3n) is 15.3. The van der Waals surface area contributed by atoms with E-state index in [9.17, 15) is 0 Å². The Bertz CT molecular complexity index is 3680. The second-order valence-corrected chi connectivity index (χ2v) is 26.5. The number of rotatable bonds is 5. The lowest BCUT2D eigenvalue weighted by Crippen LogP contribution is -2.60. The minimum Gasteiger partial charge on any atom is -0.311 e. The van der Waals surface area contributed by atoms with Crippen molar-refractivity contribution in [1.82, 2.24) is 0 Å². The van der Waals surface area contributed by atoms with Gasteiger partial charge in [0.25, 0.3) is 6.71 Å². The smallest absolute Gasteiger partial charge is 0.264 e. The van der Waals surface area contributed by atoms with Gasteiger partial charge >= 0.3 is 0 Å². The van der Waals surface area contributed by atoms with Crippen LogP contribution < -0.4 is 30.4 Å². The number of anilines is 9. The van der Waals surface area contributed by atoms with Gasteiger partial charge in [0.15, 0.2) is 0 Å². The van der Waals surface area contributed by atoms with Gasteiger partial charge in [0.1, 0.15) is 0 Å². The maximum Gasteiger partial charge on any atom is 0.264 e. The van der Waals surface area contributed by atoms with Crippen molar-refractivity contribution in [2.45, 2.75) is 105 Å². The van der Waals surface area contributed by atoms with Crippen molar-refractivity contribution in [2.75, 3.05) is 14.7 Å². The van der Waals surface area contributed by atoms with Gasteiger partial charge in [-0.2, -0.15) is 0 Å². The molecule has 3 nitrogen and oxygen atoms in total. The summed E-state index contributed by atoms with van der Waals surface area (Å²) in [5.74, 6) is 0. The van der Waals surface area contributed by atoms with Crippen LogP contribution in [0.15, 0.2) is 170 Å². The van der Waals surface area contributed by atoms with E-state index in [0.29, 0.717) is 0 Å². The Kier molecular flexibility index (Phi) is 10.6. The van der Waals surface area contributed by atoms with Crippen molar-refractivity contribution in [2.24, 2.45) is 0 Å². The van der Waals surface area contributed by atoms with Gasteiger partial charge in [-0.15, -0.1) is 22.7 Å². The summed E-state index contributed by atoms with van der Waals surface area (Å²) in [4.78, 5) is 7.69. The minimum atomic E-state index is -0.00483. The summed E-state index contributed by atoms with van der Waals surface area (Å²) in [7, 11) is 0. The molecule has 0 saturated carbocycles. The van der Waals surface area contributed by atoms with Crippen LogP contribution >= 0.6 is 22.7 Å². The molecule has 8 aromatic carbocycles. The second-order valence-electron chi connectivity index (χ2n) is 24.3. The fourth-order valence-corrected chi connectivity index (χ4v) is 13.7. The Hall–Kier alpha value is -6.60. The summed E-state index contributed by atoms with van der Waals surface area (Å²) in [6, 6.07) is 65.5. The van der Waals surface area contributed by atoms with Crippen LogP contribution in [-0.2, 0) is 21.7 Å². The van der Waals surface area contributed by atoms with Crippen LogP contribution in [0.25, 0.3) is 30.3 Å². The molecule has 2 aliphatic rings. The Balaban J connectivity index is 1.16. The maximum atomic E-state index is 2.62. The number of thiophene rings is 2. The van der Waals surface area contributed by atoms with E-state index in [4.69, 9.17) is 0 Å². The molecule has 6 heteroatoms. The Morgan fingerprint density at radius 2 is 0.889 bits per heavy atom. The van der Waals surface area contributed by atoms with E-state index >= 15 is 0 Å². The van der Waals surface area contributed by atoms with Crippen LogP contribution in [0.4, 0.5) is 51.2 Å². The zero-order valence-corrected chi connectivity index (χ0v) is 45.5. The summed E-state index contributed by atoms with van der Waals surface area (Å²) in [5.41, 5.74) is 18.8. The molecule has 0 spiro atoms. The summed E-state index contributed by atoms with van der Waals surface area (Å²) in [6.07, 6.45) is 0. The van der Waals surface area contributed by atoms with Gasteiger partial charge in [-0.25, -0.2) is 0 Å². The van der Waals surface area contributed by atoms with Crippen molar-refractivity contribution < 1.29 is 0 Å². The number of hydrogen-bond acceptors (Lipinski definition) is 5. The van der Waals surface area contributed by atoms with Gasteiger partial charge in [0.2, 0.25) is 0 Å². The quantitative estimate of drug-likeness (QED) is 0.159. The fourth-order valence-electron chi connectivity index (χ4n) is 11.3. The summed E-state index contributed by atoms with van der Waals surface area (Å²) in [6.45, 7) is 27.7. The van der Waals surface area contributed by atoms with E-state index < -0.39 is 0 Å². The average Bonchev–Trinajstić information content (AvgIpc) is 3.92. The first-order chi connectivity index (χ1) is 34.2. The van der Waals surface area contributed by atoms with Gasteiger partial charge in [-0.05, 0) is 146 Å². The standard InChI is InChI=1S/C66H64BN3S2/c1-63(2,3)41-23-30-45(31-24-41)68(46-32-25-42(26-33-46)64(4,5)6)48-36-37-51-55(40-48)70(52-18-16-22-58-59(52)49-17-13-14-21-56(49)71-58)54-20-15-19-53-60(54)67(51)62-61(50-39-44(66(10,11)12)29-38-57(50)72-62)69(53)47-34-27-43(28-35-47)65(7,8)9/h13-40H,1-12H3. The maximum absolute atomic E-state index is 2.62. The number of nitrogens with zero attached hydrogens (tertiary/aromatic N) is 3. The van der Waals surface area contributed by atoms with E-state index in [1.807, 2.05) is 22.7 Å². The zero-order valence-electron chi connectivity index (χ0n) is 43.9. The molecule has 4 heterocycles. The molecular formula is C66H64BN3S2. The van der Waals surface area contributed by atoms with Gasteiger partial charge in [-0.3, -0.25) is 0 Å². The molecule has 0 radical (unpaired) electrons. The van der Waals surface area contributed by atoms with Gasteiger partial charge in [0, 0.05) is 74.8 Å². The largest absolute Gasteiger partial charge is 0.311 e. The molecule has 2 aliphatic heterocycles. The van der Waals surface area contributed by atoms with E-state index in [1.165, 1.54) is 102 Å². The highest BCUT2D eigenvalue weighted by atomic mass is 32.1. The van der Waals surface area contributed by atoms with Crippen molar-refractivity contribution in [3.05, 3.63) is 192 Å². The molecule has 0 fully saturated rings. The third-order valence-corrected chi connectivity index (χ3v) is 17.7. The summed E-state index contributed by atoms with van der Waals surface area (Å²) in [5, 5.41) is 3.90. The lowest BCUT2D eigenvalue weighted by atomic mass is 9.36. The number of benzene rings is 8. The lowest BCUT2D eigenvalue weighted by Gasteiger charge is -2.43. The summed E-state index contributed by atoms with van der Waals surface area (Å²) >= 11 is 3.86. The van der Waals surface area contributed by atoms with Gasteiger partial charge in [0.05, 0.1) is 11.4 Å². The molecular weight excluding hydrogens is 910 g/mol. The molecule has 0 saturated heterocycles. The number of hydrogen-bond donors (Lipinski definition) is 0. The van der Waals surface area contributed by atoms with Gasteiger partial charge in [-0.1, -0.05) is 162 Å². The van der Waals surface area contributed by atoms with Gasteiger partial charge < -0.3 is 14.7 Å². The Labute approximate surface area is 435 Å². The molecule has 2 aromatic heterocycles. The fraction of sp³-hybridized carbons (Fsp3) is 0.242. The Morgan fingerprint density at radius 3 is 1.50 bits per heavy atom. The average molecular weight is 974 g/mol. The first kappa shape index (κ1) is 46.5. The minimum absolute atomic E-state index is 0.00362. The molecule has 0 aliphatic carbocycles. The van der Waals surface area contributed by atoms with Crippen LogP contribution in [0.2, 0.25) is 0 Å². The van der Waals surface area contributed by atoms with Crippen LogP contribution in [0.1, 0.15) is 105 Å². The van der Waals surface area contributed by atoms with E-state index in [1.54, 1.807) is 0 Å². The molecule has 0 bridgehead atoms. The van der Waals surface area contributed by atoms with Crippen LogP contribution in [0.5, 0.6) is 0 Å². The van der Waals surface area contributed by atoms with Crippen molar-refractivity contribution in [3.63, 3.8) is 0 Å².